The SMILES string of the molecule is Cc1cc(-c2ccc3c(=O)n(-c4ccccc4)[nH]c3n2)c(C)o1. The normalized spacial score (nSPS) is 11.2. The molecule has 1 N–H and O–H groups in total. The summed E-state index contributed by atoms with van der Waals surface area (Å²) in [5.74, 6) is 1.66. The molecule has 1 aromatic carbocycles. The maximum absolute atomic E-state index is 12.5. The smallest absolute Gasteiger partial charge is 0.280 e. The van der Waals surface area contributed by atoms with Gasteiger partial charge in [0.05, 0.1) is 16.8 Å². The molecule has 23 heavy (non-hydrogen) atoms. The Balaban J connectivity index is 1.91. The summed E-state index contributed by atoms with van der Waals surface area (Å²) in [6.07, 6.45) is 0. The molecular weight excluding hydrogens is 290 g/mol. The number of benzene rings is 1. The van der Waals surface area contributed by atoms with E-state index in [1.165, 1.54) is 4.68 Å². The Morgan fingerprint density at radius 3 is 2.57 bits per heavy atom. The van der Waals surface area contributed by atoms with Crippen LogP contribution in [0.2, 0.25) is 0 Å². The molecule has 0 spiro atoms. The molecule has 0 atom stereocenters. The topological polar surface area (TPSA) is 63.8 Å². The molecule has 0 radical (unpaired) electrons. The van der Waals surface area contributed by atoms with Crippen LogP contribution in [-0.4, -0.2) is 14.8 Å². The average molecular weight is 305 g/mol. The lowest BCUT2D eigenvalue weighted by atomic mass is 10.1. The van der Waals surface area contributed by atoms with Gasteiger partial charge in [-0.15, -0.1) is 0 Å². The zero-order chi connectivity index (χ0) is 16.0. The van der Waals surface area contributed by atoms with Crippen molar-refractivity contribution in [3.63, 3.8) is 0 Å². The quantitative estimate of drug-likeness (QED) is 0.615. The van der Waals surface area contributed by atoms with Gasteiger partial charge in [0.1, 0.15) is 11.5 Å². The molecule has 4 aromatic rings. The number of aromatic amines is 1. The molecule has 0 aliphatic carbocycles. The highest BCUT2D eigenvalue weighted by Gasteiger charge is 2.13. The second-order valence-electron chi connectivity index (χ2n) is 5.51. The number of aryl methyl sites for hydroxylation is 2. The van der Waals surface area contributed by atoms with Crippen molar-refractivity contribution in [1.82, 2.24) is 14.8 Å². The summed E-state index contributed by atoms with van der Waals surface area (Å²) in [4.78, 5) is 17.1. The van der Waals surface area contributed by atoms with Crippen molar-refractivity contribution in [2.75, 3.05) is 0 Å². The monoisotopic (exact) mass is 305 g/mol. The highest BCUT2D eigenvalue weighted by Crippen LogP contribution is 2.26. The van der Waals surface area contributed by atoms with E-state index < -0.39 is 0 Å². The van der Waals surface area contributed by atoms with Crippen molar-refractivity contribution in [2.24, 2.45) is 0 Å². The fraction of sp³-hybridized carbons (Fsp3) is 0.111. The third-order valence-electron chi connectivity index (χ3n) is 3.88. The number of hydrogen-bond donors (Lipinski definition) is 1. The molecule has 5 nitrogen and oxygen atoms in total. The summed E-state index contributed by atoms with van der Waals surface area (Å²) in [7, 11) is 0. The number of fused-ring (bicyclic) bond motifs is 1. The van der Waals surface area contributed by atoms with Gasteiger partial charge in [0.2, 0.25) is 0 Å². The number of nitrogens with one attached hydrogen (secondary N) is 1. The fourth-order valence-electron chi connectivity index (χ4n) is 2.79. The highest BCUT2D eigenvalue weighted by atomic mass is 16.3. The first-order valence-corrected chi connectivity index (χ1v) is 7.38. The van der Waals surface area contributed by atoms with E-state index in [2.05, 4.69) is 10.1 Å². The van der Waals surface area contributed by atoms with E-state index in [0.29, 0.717) is 11.0 Å². The number of nitrogens with zero attached hydrogens (tertiary/aromatic N) is 2. The Hall–Kier alpha value is -3.08. The first kappa shape index (κ1) is 13.6. The lowest BCUT2D eigenvalue weighted by Gasteiger charge is -1.99. The third-order valence-corrected chi connectivity index (χ3v) is 3.88. The summed E-state index contributed by atoms with van der Waals surface area (Å²) < 4.78 is 7.07. The van der Waals surface area contributed by atoms with E-state index in [-0.39, 0.29) is 5.56 Å². The lowest BCUT2D eigenvalue weighted by Crippen LogP contribution is -2.13. The van der Waals surface area contributed by atoms with Crippen LogP contribution in [0.3, 0.4) is 0 Å². The molecule has 0 saturated carbocycles. The van der Waals surface area contributed by atoms with E-state index in [1.807, 2.05) is 56.3 Å². The van der Waals surface area contributed by atoms with Gasteiger partial charge >= 0.3 is 0 Å². The molecule has 4 rings (SSSR count). The van der Waals surface area contributed by atoms with Crippen LogP contribution in [0.25, 0.3) is 28.0 Å². The molecule has 0 bridgehead atoms. The molecule has 0 fully saturated rings. The van der Waals surface area contributed by atoms with Crippen molar-refractivity contribution in [1.29, 1.82) is 0 Å². The molecule has 3 heterocycles. The molecule has 0 unspecified atom stereocenters. The minimum absolute atomic E-state index is 0.106. The molecule has 0 aliphatic heterocycles. The van der Waals surface area contributed by atoms with E-state index in [1.54, 1.807) is 6.07 Å². The Kier molecular flexibility index (Phi) is 2.94. The number of furan rings is 1. The van der Waals surface area contributed by atoms with Crippen molar-refractivity contribution in [3.05, 3.63) is 70.4 Å². The summed E-state index contributed by atoms with van der Waals surface area (Å²) >= 11 is 0. The van der Waals surface area contributed by atoms with Gasteiger partial charge in [-0.2, -0.15) is 0 Å². The minimum Gasteiger partial charge on any atom is -0.466 e. The summed E-state index contributed by atoms with van der Waals surface area (Å²) in [5, 5.41) is 3.64. The number of aromatic nitrogens is 3. The predicted molar refractivity (Wildman–Crippen MR) is 88.9 cm³/mol. The molecule has 0 aliphatic rings. The molecule has 3 aromatic heterocycles. The van der Waals surface area contributed by atoms with Crippen LogP contribution in [0.4, 0.5) is 0 Å². The van der Waals surface area contributed by atoms with Crippen LogP contribution in [0, 0.1) is 13.8 Å². The van der Waals surface area contributed by atoms with Crippen molar-refractivity contribution >= 4 is 11.0 Å². The number of hydrogen-bond acceptors (Lipinski definition) is 3. The molecule has 0 amide bonds. The second kappa shape index (κ2) is 4.98. The molecule has 0 saturated heterocycles. The Morgan fingerprint density at radius 1 is 1.09 bits per heavy atom. The Morgan fingerprint density at radius 2 is 1.87 bits per heavy atom. The highest BCUT2D eigenvalue weighted by molar-refractivity contribution is 5.78. The van der Waals surface area contributed by atoms with Gasteiger partial charge in [0.25, 0.3) is 5.56 Å². The number of H-pyrrole nitrogens is 1. The van der Waals surface area contributed by atoms with E-state index in [4.69, 9.17) is 4.42 Å². The van der Waals surface area contributed by atoms with Gasteiger partial charge in [-0.25, -0.2) is 9.67 Å². The van der Waals surface area contributed by atoms with E-state index in [0.717, 1.165) is 28.5 Å². The van der Waals surface area contributed by atoms with Crippen molar-refractivity contribution < 1.29 is 4.42 Å². The van der Waals surface area contributed by atoms with Crippen LogP contribution < -0.4 is 5.56 Å². The summed E-state index contributed by atoms with van der Waals surface area (Å²) in [5.41, 5.74) is 2.97. The lowest BCUT2D eigenvalue weighted by molar-refractivity contribution is 0.505. The van der Waals surface area contributed by atoms with Crippen LogP contribution in [0.15, 0.2) is 57.7 Å². The standard InChI is InChI=1S/C18H15N3O2/c1-11-10-15(12(2)23-11)16-9-8-14-17(19-16)20-21(18(14)22)13-6-4-3-5-7-13/h3-10H,1-2H3,(H,19,20). The summed E-state index contributed by atoms with van der Waals surface area (Å²) in [6.45, 7) is 3.81. The van der Waals surface area contributed by atoms with E-state index >= 15 is 0 Å². The van der Waals surface area contributed by atoms with E-state index in [9.17, 15) is 4.79 Å². The zero-order valence-corrected chi connectivity index (χ0v) is 12.8. The van der Waals surface area contributed by atoms with Crippen LogP contribution in [-0.2, 0) is 0 Å². The largest absolute Gasteiger partial charge is 0.466 e. The van der Waals surface area contributed by atoms with Crippen LogP contribution in [0.5, 0.6) is 0 Å². The van der Waals surface area contributed by atoms with Crippen molar-refractivity contribution in [2.45, 2.75) is 13.8 Å². The number of pyridine rings is 1. The first-order valence-electron chi connectivity index (χ1n) is 7.38. The third kappa shape index (κ3) is 2.17. The van der Waals surface area contributed by atoms with Gasteiger partial charge in [-0.05, 0) is 44.2 Å². The van der Waals surface area contributed by atoms with Gasteiger partial charge < -0.3 is 4.42 Å². The maximum Gasteiger partial charge on any atom is 0.280 e. The zero-order valence-electron chi connectivity index (χ0n) is 12.8. The molecule has 5 heteroatoms. The van der Waals surface area contributed by atoms with Gasteiger partial charge in [-0.3, -0.25) is 9.89 Å². The number of rotatable bonds is 2. The second-order valence-corrected chi connectivity index (χ2v) is 5.51. The predicted octanol–water partition coefficient (Wildman–Crippen LogP) is 3.59. The van der Waals surface area contributed by atoms with Gasteiger partial charge in [0, 0.05) is 5.56 Å². The minimum atomic E-state index is -0.106. The Bertz CT molecular complexity index is 1060. The molecular formula is C18H15N3O2. The number of para-hydroxylation sites is 1. The molecule has 114 valence electrons. The first-order chi connectivity index (χ1) is 11.1. The fourth-order valence-corrected chi connectivity index (χ4v) is 2.79. The maximum atomic E-state index is 12.5. The van der Waals surface area contributed by atoms with Gasteiger partial charge in [0.15, 0.2) is 5.65 Å². The Labute approximate surface area is 132 Å². The summed E-state index contributed by atoms with van der Waals surface area (Å²) in [6, 6.07) is 15.1. The van der Waals surface area contributed by atoms with Crippen LogP contribution >= 0.6 is 0 Å². The van der Waals surface area contributed by atoms with Crippen LogP contribution in [0.1, 0.15) is 11.5 Å². The average Bonchev–Trinajstić information content (AvgIpc) is 3.07. The van der Waals surface area contributed by atoms with Crippen molar-refractivity contribution in [3.8, 4) is 16.9 Å². The van der Waals surface area contributed by atoms with Gasteiger partial charge in [-0.1, -0.05) is 18.2 Å².